The van der Waals surface area contributed by atoms with Gasteiger partial charge in [0.05, 0.1) is 0 Å². The lowest BCUT2D eigenvalue weighted by Crippen LogP contribution is -2.57. The van der Waals surface area contributed by atoms with Crippen LogP contribution in [0.3, 0.4) is 0 Å². The minimum Gasteiger partial charge on any atom is -0.479 e. The maximum atomic E-state index is 11.8. The van der Waals surface area contributed by atoms with E-state index in [-0.39, 0.29) is 0 Å². The maximum Gasteiger partial charge on any atom is 0.332 e. The van der Waals surface area contributed by atoms with Gasteiger partial charge in [-0.3, -0.25) is 4.90 Å². The second-order valence-corrected chi connectivity index (χ2v) is 4.38. The topological polar surface area (TPSA) is 52.6 Å². The van der Waals surface area contributed by atoms with Crippen LogP contribution in [-0.4, -0.2) is 42.2 Å². The molecule has 0 spiro atoms. The van der Waals surface area contributed by atoms with Gasteiger partial charge in [-0.05, 0) is 5.56 Å². The smallest absolute Gasteiger partial charge is 0.332 e. The van der Waals surface area contributed by atoms with Crippen LogP contribution in [0, 0.1) is 0 Å². The van der Waals surface area contributed by atoms with Crippen LogP contribution in [0.25, 0.3) is 0 Å². The lowest BCUT2D eigenvalue weighted by atomic mass is 9.87. The van der Waals surface area contributed by atoms with Gasteiger partial charge in [0.2, 0.25) is 0 Å². The lowest BCUT2D eigenvalue weighted by molar-refractivity contribution is -0.149. The van der Waals surface area contributed by atoms with Crippen molar-refractivity contribution in [1.29, 1.82) is 0 Å². The highest BCUT2D eigenvalue weighted by Gasteiger charge is 2.43. The summed E-state index contributed by atoms with van der Waals surface area (Å²) in [6, 6.07) is 9.30. The first-order valence-electron chi connectivity index (χ1n) is 6.10. The van der Waals surface area contributed by atoms with Gasteiger partial charge in [0, 0.05) is 26.2 Å². The minimum absolute atomic E-state index is 0.702. The molecule has 4 nitrogen and oxygen atoms in total. The molecule has 1 unspecified atom stereocenters. The predicted molar refractivity (Wildman–Crippen MR) is 70.4 cm³/mol. The van der Waals surface area contributed by atoms with Crippen molar-refractivity contribution in [3.63, 3.8) is 0 Å². The van der Waals surface area contributed by atoms with E-state index < -0.39 is 11.5 Å². The van der Waals surface area contributed by atoms with Crippen molar-refractivity contribution in [3.8, 4) is 0 Å². The van der Waals surface area contributed by atoms with Crippen molar-refractivity contribution in [2.45, 2.75) is 5.54 Å². The van der Waals surface area contributed by atoms with E-state index in [1.54, 1.807) is 0 Å². The molecule has 2 rings (SSSR count). The summed E-state index contributed by atoms with van der Waals surface area (Å²) in [4.78, 5) is 13.8. The summed E-state index contributed by atoms with van der Waals surface area (Å²) in [5.74, 6) is -0.870. The van der Waals surface area contributed by atoms with Crippen LogP contribution in [0.2, 0.25) is 0 Å². The Labute approximate surface area is 107 Å². The van der Waals surface area contributed by atoms with Gasteiger partial charge in [0.25, 0.3) is 0 Å². The van der Waals surface area contributed by atoms with E-state index in [4.69, 9.17) is 0 Å². The Morgan fingerprint density at radius 1 is 1.33 bits per heavy atom. The van der Waals surface area contributed by atoms with Crippen LogP contribution in [0.4, 0.5) is 0 Å². The molecule has 1 aromatic rings. The third-order valence-electron chi connectivity index (χ3n) is 3.45. The molecule has 0 bridgehead atoms. The molecule has 0 radical (unpaired) electrons. The number of hydrogen-bond donors (Lipinski definition) is 2. The Balaban J connectivity index is 2.45. The number of nitrogens with zero attached hydrogens (tertiary/aromatic N) is 1. The van der Waals surface area contributed by atoms with Crippen LogP contribution in [0.1, 0.15) is 5.56 Å². The monoisotopic (exact) mass is 246 g/mol. The van der Waals surface area contributed by atoms with Gasteiger partial charge in [0.15, 0.2) is 5.54 Å². The number of carbonyl (C=O) groups is 1. The van der Waals surface area contributed by atoms with Crippen molar-refractivity contribution >= 4 is 5.97 Å². The van der Waals surface area contributed by atoms with E-state index in [9.17, 15) is 9.90 Å². The molecular formula is C14H18N2O2. The molecule has 18 heavy (non-hydrogen) atoms. The number of carboxylic acids is 1. The predicted octanol–water partition coefficient (Wildman–Crippen LogP) is 1.06. The number of piperazine rings is 1. The fraction of sp³-hybridized carbons (Fsp3) is 0.357. The summed E-state index contributed by atoms with van der Waals surface area (Å²) in [6.45, 7) is 6.77. The summed E-state index contributed by atoms with van der Waals surface area (Å²) >= 11 is 0. The molecule has 1 atom stereocenters. The molecule has 1 aliphatic heterocycles. The number of hydrogen-bond acceptors (Lipinski definition) is 3. The van der Waals surface area contributed by atoms with Crippen molar-refractivity contribution in [2.75, 3.05) is 26.2 Å². The molecule has 1 aliphatic rings. The van der Waals surface area contributed by atoms with Crippen LogP contribution >= 0.6 is 0 Å². The zero-order valence-corrected chi connectivity index (χ0v) is 10.3. The van der Waals surface area contributed by atoms with Crippen LogP contribution < -0.4 is 5.32 Å². The highest BCUT2D eigenvalue weighted by atomic mass is 16.4. The summed E-state index contributed by atoms with van der Waals surface area (Å²) in [7, 11) is 0. The molecule has 1 fully saturated rings. The highest BCUT2D eigenvalue weighted by molar-refractivity contribution is 5.83. The molecular weight excluding hydrogens is 228 g/mol. The van der Waals surface area contributed by atoms with Crippen LogP contribution in [-0.2, 0) is 10.3 Å². The van der Waals surface area contributed by atoms with Gasteiger partial charge < -0.3 is 10.4 Å². The molecule has 1 heterocycles. The SMILES string of the molecule is C=CC(C(=O)O)(c1ccccc1)N1CCNCC1. The fourth-order valence-electron chi connectivity index (χ4n) is 2.49. The molecule has 0 aromatic heterocycles. The number of benzene rings is 1. The normalized spacial score (nSPS) is 20.0. The number of rotatable bonds is 4. The van der Waals surface area contributed by atoms with Gasteiger partial charge in [-0.15, -0.1) is 6.58 Å². The molecule has 1 saturated heterocycles. The summed E-state index contributed by atoms with van der Waals surface area (Å²) in [5, 5.41) is 12.9. The van der Waals surface area contributed by atoms with Crippen LogP contribution in [0.15, 0.2) is 43.0 Å². The van der Waals surface area contributed by atoms with Crippen molar-refractivity contribution < 1.29 is 9.90 Å². The Morgan fingerprint density at radius 2 is 1.94 bits per heavy atom. The third kappa shape index (κ3) is 2.05. The Morgan fingerprint density at radius 3 is 2.44 bits per heavy atom. The minimum atomic E-state index is -1.12. The third-order valence-corrected chi connectivity index (χ3v) is 3.45. The standard InChI is InChI=1S/C14H18N2O2/c1-2-14(13(17)18,12-6-4-3-5-7-12)16-10-8-15-9-11-16/h2-7,15H,1,8-11H2,(H,17,18). The lowest BCUT2D eigenvalue weighted by Gasteiger charge is -2.41. The summed E-state index contributed by atoms with van der Waals surface area (Å²) in [6.07, 6.45) is 1.54. The summed E-state index contributed by atoms with van der Waals surface area (Å²) in [5.41, 5.74) is -0.363. The van der Waals surface area contributed by atoms with E-state index >= 15 is 0 Å². The first-order chi connectivity index (χ1) is 8.71. The molecule has 1 aromatic carbocycles. The first-order valence-corrected chi connectivity index (χ1v) is 6.10. The van der Waals surface area contributed by atoms with Gasteiger partial charge in [0.1, 0.15) is 0 Å². The largest absolute Gasteiger partial charge is 0.479 e. The zero-order valence-electron chi connectivity index (χ0n) is 10.3. The molecule has 2 N–H and O–H groups in total. The molecule has 0 amide bonds. The van der Waals surface area contributed by atoms with Gasteiger partial charge in [-0.25, -0.2) is 4.79 Å². The first kappa shape index (κ1) is 12.8. The Kier molecular flexibility index (Phi) is 3.79. The van der Waals surface area contributed by atoms with E-state index in [2.05, 4.69) is 11.9 Å². The van der Waals surface area contributed by atoms with Gasteiger partial charge >= 0.3 is 5.97 Å². The van der Waals surface area contributed by atoms with E-state index in [0.717, 1.165) is 18.7 Å². The van der Waals surface area contributed by atoms with Crippen molar-refractivity contribution in [2.24, 2.45) is 0 Å². The van der Waals surface area contributed by atoms with Gasteiger partial charge in [-0.2, -0.15) is 0 Å². The molecule has 4 heteroatoms. The second-order valence-electron chi connectivity index (χ2n) is 4.38. The second kappa shape index (κ2) is 5.33. The average molecular weight is 246 g/mol. The van der Waals surface area contributed by atoms with E-state index in [1.807, 2.05) is 35.2 Å². The van der Waals surface area contributed by atoms with Gasteiger partial charge in [-0.1, -0.05) is 36.4 Å². The molecule has 96 valence electrons. The molecule has 0 saturated carbocycles. The van der Waals surface area contributed by atoms with E-state index in [0.29, 0.717) is 13.1 Å². The Bertz CT molecular complexity index is 427. The van der Waals surface area contributed by atoms with E-state index in [1.165, 1.54) is 6.08 Å². The number of nitrogens with one attached hydrogen (secondary N) is 1. The summed E-state index contributed by atoms with van der Waals surface area (Å²) < 4.78 is 0. The number of aliphatic carboxylic acids is 1. The van der Waals surface area contributed by atoms with Crippen molar-refractivity contribution in [1.82, 2.24) is 10.2 Å². The quantitative estimate of drug-likeness (QED) is 0.780. The molecule has 0 aliphatic carbocycles. The average Bonchev–Trinajstić information content (AvgIpc) is 2.42. The zero-order chi connectivity index (χ0) is 13.0. The van der Waals surface area contributed by atoms with Crippen molar-refractivity contribution in [3.05, 3.63) is 48.6 Å². The number of carboxylic acid groups (broad SMARTS) is 1. The fourth-order valence-corrected chi connectivity index (χ4v) is 2.49. The maximum absolute atomic E-state index is 11.8. The Hall–Kier alpha value is -1.65. The van der Waals surface area contributed by atoms with Crippen LogP contribution in [0.5, 0.6) is 0 Å². The highest BCUT2D eigenvalue weighted by Crippen LogP contribution is 2.30.